The van der Waals surface area contributed by atoms with E-state index in [0.717, 1.165) is 10.2 Å². The number of aromatic carboxylic acids is 1. The topological polar surface area (TPSA) is 54.6 Å². The van der Waals surface area contributed by atoms with Gasteiger partial charge in [0.1, 0.15) is 5.65 Å². The zero-order chi connectivity index (χ0) is 10.3. The normalized spacial score (nSPS) is 10.7. The molecule has 0 unspecified atom stereocenters. The maximum atomic E-state index is 10.7. The molecular weight excluding hydrogens is 248 g/mol. The van der Waals surface area contributed by atoms with Gasteiger partial charge in [0.05, 0.1) is 4.60 Å². The van der Waals surface area contributed by atoms with Crippen LogP contribution in [-0.2, 0) is 0 Å². The standard InChI is InChI=1S/C9H7BrN2O2/c1-5-2-3-7(10)12-4-6(9(13)14)11-8(5)12/h2-4H,1H3,(H,13,14). The molecule has 0 aliphatic carbocycles. The van der Waals surface area contributed by atoms with Crippen LogP contribution >= 0.6 is 15.9 Å². The van der Waals surface area contributed by atoms with Gasteiger partial charge in [-0.3, -0.25) is 4.40 Å². The van der Waals surface area contributed by atoms with Crippen LogP contribution in [0.15, 0.2) is 22.9 Å². The van der Waals surface area contributed by atoms with E-state index in [1.165, 1.54) is 6.20 Å². The van der Waals surface area contributed by atoms with Crippen molar-refractivity contribution in [3.63, 3.8) is 0 Å². The Bertz CT molecular complexity index is 480. The van der Waals surface area contributed by atoms with Crippen molar-refractivity contribution in [2.75, 3.05) is 0 Å². The summed E-state index contributed by atoms with van der Waals surface area (Å²) in [4.78, 5) is 14.7. The molecule has 0 bridgehead atoms. The Morgan fingerprint density at radius 1 is 1.57 bits per heavy atom. The molecule has 0 saturated heterocycles. The van der Waals surface area contributed by atoms with Gasteiger partial charge in [-0.15, -0.1) is 0 Å². The van der Waals surface area contributed by atoms with E-state index < -0.39 is 5.97 Å². The SMILES string of the molecule is Cc1ccc(Br)n2cc(C(=O)O)nc12. The summed E-state index contributed by atoms with van der Waals surface area (Å²) in [5, 5.41) is 8.78. The summed E-state index contributed by atoms with van der Waals surface area (Å²) in [6, 6.07) is 3.74. The van der Waals surface area contributed by atoms with E-state index in [1.54, 1.807) is 4.40 Å². The Balaban J connectivity index is 2.82. The van der Waals surface area contributed by atoms with Crippen molar-refractivity contribution in [2.24, 2.45) is 0 Å². The molecule has 0 aliphatic heterocycles. The number of imidazole rings is 1. The number of carboxylic acids is 1. The molecule has 14 heavy (non-hydrogen) atoms. The van der Waals surface area contributed by atoms with E-state index in [4.69, 9.17) is 5.11 Å². The second-order valence-electron chi connectivity index (χ2n) is 2.96. The van der Waals surface area contributed by atoms with Gasteiger partial charge in [-0.2, -0.15) is 0 Å². The molecule has 72 valence electrons. The Morgan fingerprint density at radius 3 is 2.86 bits per heavy atom. The molecule has 0 amide bonds. The first-order valence-corrected chi connectivity index (χ1v) is 4.76. The van der Waals surface area contributed by atoms with Gasteiger partial charge in [-0.25, -0.2) is 9.78 Å². The summed E-state index contributed by atoms with van der Waals surface area (Å²) < 4.78 is 2.50. The Kier molecular flexibility index (Phi) is 2.03. The summed E-state index contributed by atoms with van der Waals surface area (Å²) in [6.45, 7) is 1.89. The first-order chi connectivity index (χ1) is 6.59. The fraction of sp³-hybridized carbons (Fsp3) is 0.111. The zero-order valence-corrected chi connectivity index (χ0v) is 8.95. The third kappa shape index (κ3) is 1.29. The number of aromatic nitrogens is 2. The maximum absolute atomic E-state index is 10.7. The van der Waals surface area contributed by atoms with E-state index >= 15 is 0 Å². The molecule has 1 N–H and O–H groups in total. The first-order valence-electron chi connectivity index (χ1n) is 3.97. The maximum Gasteiger partial charge on any atom is 0.356 e. The van der Waals surface area contributed by atoms with Gasteiger partial charge < -0.3 is 5.11 Å². The van der Waals surface area contributed by atoms with E-state index in [2.05, 4.69) is 20.9 Å². The predicted molar refractivity (Wildman–Crippen MR) is 54.6 cm³/mol. The Morgan fingerprint density at radius 2 is 2.29 bits per heavy atom. The van der Waals surface area contributed by atoms with Gasteiger partial charge in [0, 0.05) is 6.20 Å². The lowest BCUT2D eigenvalue weighted by atomic mass is 10.3. The van der Waals surface area contributed by atoms with Gasteiger partial charge in [0.2, 0.25) is 0 Å². The van der Waals surface area contributed by atoms with Crippen LogP contribution in [0, 0.1) is 6.92 Å². The highest BCUT2D eigenvalue weighted by Crippen LogP contribution is 2.17. The van der Waals surface area contributed by atoms with Crippen molar-refractivity contribution < 1.29 is 9.90 Å². The Labute approximate surface area is 88.3 Å². The number of rotatable bonds is 1. The van der Waals surface area contributed by atoms with Gasteiger partial charge in [-0.05, 0) is 34.5 Å². The van der Waals surface area contributed by atoms with Crippen LogP contribution in [0.4, 0.5) is 0 Å². The highest BCUT2D eigenvalue weighted by atomic mass is 79.9. The number of halogens is 1. The van der Waals surface area contributed by atoms with Crippen LogP contribution in [-0.4, -0.2) is 20.5 Å². The number of fused-ring (bicyclic) bond motifs is 1. The molecule has 4 nitrogen and oxygen atoms in total. The quantitative estimate of drug-likeness (QED) is 0.794. The molecule has 0 spiro atoms. The number of pyridine rings is 1. The average Bonchev–Trinajstić information content (AvgIpc) is 2.57. The molecular formula is C9H7BrN2O2. The number of aryl methyl sites for hydroxylation is 1. The zero-order valence-electron chi connectivity index (χ0n) is 7.36. The monoisotopic (exact) mass is 254 g/mol. The summed E-state index contributed by atoms with van der Waals surface area (Å²) in [6.07, 6.45) is 1.49. The number of nitrogens with zero attached hydrogens (tertiary/aromatic N) is 2. The van der Waals surface area contributed by atoms with Gasteiger partial charge in [-0.1, -0.05) is 6.07 Å². The summed E-state index contributed by atoms with van der Waals surface area (Å²) in [5.74, 6) is -1.01. The molecule has 2 rings (SSSR count). The first kappa shape index (κ1) is 9.21. The molecule has 0 aromatic carbocycles. The predicted octanol–water partition coefficient (Wildman–Crippen LogP) is 2.10. The molecule has 0 saturated carbocycles. The van der Waals surface area contributed by atoms with Crippen LogP contribution in [0.2, 0.25) is 0 Å². The van der Waals surface area contributed by atoms with Crippen LogP contribution in [0.1, 0.15) is 16.1 Å². The Hall–Kier alpha value is -1.36. The second-order valence-corrected chi connectivity index (χ2v) is 3.78. The van der Waals surface area contributed by atoms with Crippen LogP contribution in [0.5, 0.6) is 0 Å². The van der Waals surface area contributed by atoms with E-state index in [0.29, 0.717) is 5.65 Å². The third-order valence-electron chi connectivity index (χ3n) is 1.98. The van der Waals surface area contributed by atoms with Gasteiger partial charge in [0.15, 0.2) is 5.69 Å². The van der Waals surface area contributed by atoms with Crippen LogP contribution in [0.25, 0.3) is 5.65 Å². The summed E-state index contributed by atoms with van der Waals surface area (Å²) in [5.41, 5.74) is 1.66. The van der Waals surface area contributed by atoms with Crippen molar-refractivity contribution in [3.05, 3.63) is 34.2 Å². The minimum atomic E-state index is -1.01. The fourth-order valence-corrected chi connectivity index (χ4v) is 1.68. The molecule has 2 heterocycles. The number of hydrogen-bond donors (Lipinski definition) is 1. The molecule has 2 aromatic rings. The van der Waals surface area contributed by atoms with Crippen molar-refractivity contribution in [1.82, 2.24) is 9.38 Å². The van der Waals surface area contributed by atoms with Crippen molar-refractivity contribution in [2.45, 2.75) is 6.92 Å². The summed E-state index contributed by atoms with van der Waals surface area (Å²) in [7, 11) is 0. The minimum absolute atomic E-state index is 0.0556. The van der Waals surface area contributed by atoms with E-state index in [1.807, 2.05) is 19.1 Å². The lowest BCUT2D eigenvalue weighted by Crippen LogP contribution is -1.95. The van der Waals surface area contributed by atoms with Gasteiger partial charge in [0.25, 0.3) is 0 Å². The van der Waals surface area contributed by atoms with Gasteiger partial charge >= 0.3 is 5.97 Å². The third-order valence-corrected chi connectivity index (χ3v) is 2.63. The number of carbonyl (C=O) groups is 1. The average molecular weight is 255 g/mol. The van der Waals surface area contributed by atoms with Crippen LogP contribution in [0.3, 0.4) is 0 Å². The highest BCUT2D eigenvalue weighted by molar-refractivity contribution is 9.10. The van der Waals surface area contributed by atoms with E-state index in [-0.39, 0.29) is 5.69 Å². The molecule has 0 fully saturated rings. The number of carboxylic acid groups (broad SMARTS) is 1. The molecule has 0 radical (unpaired) electrons. The lowest BCUT2D eigenvalue weighted by molar-refractivity contribution is 0.0691. The lowest BCUT2D eigenvalue weighted by Gasteiger charge is -1.98. The van der Waals surface area contributed by atoms with Crippen LogP contribution < -0.4 is 0 Å². The molecule has 2 aromatic heterocycles. The molecule has 5 heteroatoms. The van der Waals surface area contributed by atoms with Crippen molar-refractivity contribution in [3.8, 4) is 0 Å². The molecule has 0 atom stereocenters. The van der Waals surface area contributed by atoms with Crippen molar-refractivity contribution >= 4 is 27.5 Å². The minimum Gasteiger partial charge on any atom is -0.476 e. The highest BCUT2D eigenvalue weighted by Gasteiger charge is 2.11. The van der Waals surface area contributed by atoms with Crippen molar-refractivity contribution in [1.29, 1.82) is 0 Å². The number of hydrogen-bond acceptors (Lipinski definition) is 2. The molecule has 0 aliphatic rings. The summed E-state index contributed by atoms with van der Waals surface area (Å²) >= 11 is 3.32. The smallest absolute Gasteiger partial charge is 0.356 e. The largest absolute Gasteiger partial charge is 0.476 e. The van der Waals surface area contributed by atoms with E-state index in [9.17, 15) is 4.79 Å². The second kappa shape index (κ2) is 3.09. The fourth-order valence-electron chi connectivity index (χ4n) is 1.27.